The van der Waals surface area contributed by atoms with Gasteiger partial charge in [-0.3, -0.25) is 0 Å². The minimum Gasteiger partial charge on any atom is -0.444 e. The number of carbonyl (C=O) groups excluding carboxylic acids is 1. The molecule has 0 spiro atoms. The summed E-state index contributed by atoms with van der Waals surface area (Å²) in [5.41, 5.74) is -0.448. The first-order valence-electron chi connectivity index (χ1n) is 5.41. The summed E-state index contributed by atoms with van der Waals surface area (Å²) in [6.45, 7) is 10.4. The van der Waals surface area contributed by atoms with Crippen LogP contribution in [0.4, 0.5) is 4.79 Å². The largest absolute Gasteiger partial charge is 0.444 e. The van der Waals surface area contributed by atoms with Gasteiger partial charge in [-0.15, -0.1) is 0 Å². The van der Waals surface area contributed by atoms with Crippen molar-refractivity contribution < 1.29 is 14.3 Å². The summed E-state index contributed by atoms with van der Waals surface area (Å²) in [7, 11) is 0. The smallest absolute Gasteiger partial charge is 0.407 e. The van der Waals surface area contributed by atoms with Gasteiger partial charge < -0.3 is 14.8 Å². The maximum Gasteiger partial charge on any atom is 0.407 e. The summed E-state index contributed by atoms with van der Waals surface area (Å²) in [6.07, 6.45) is -0.200. The lowest BCUT2D eigenvalue weighted by Crippen LogP contribution is -2.44. The Morgan fingerprint density at radius 2 is 2.00 bits per heavy atom. The molecule has 1 N–H and O–H groups in total. The van der Waals surface area contributed by atoms with Gasteiger partial charge in [0.15, 0.2) is 0 Å². The zero-order valence-electron chi connectivity index (χ0n) is 10.2. The number of ether oxygens (including phenoxy) is 2. The fourth-order valence-corrected chi connectivity index (χ4v) is 1.40. The van der Waals surface area contributed by atoms with E-state index in [2.05, 4.69) is 19.2 Å². The van der Waals surface area contributed by atoms with E-state index in [1.807, 2.05) is 20.8 Å². The molecule has 1 rings (SSSR count). The zero-order chi connectivity index (χ0) is 11.6. The first-order valence-corrected chi connectivity index (χ1v) is 5.41. The lowest BCUT2D eigenvalue weighted by atomic mass is 10.0. The highest BCUT2D eigenvalue weighted by Gasteiger charge is 2.36. The van der Waals surface area contributed by atoms with E-state index in [0.29, 0.717) is 5.92 Å². The molecule has 1 saturated heterocycles. The molecule has 0 aliphatic carbocycles. The van der Waals surface area contributed by atoms with Crippen molar-refractivity contribution >= 4 is 6.09 Å². The van der Waals surface area contributed by atoms with E-state index in [-0.39, 0.29) is 18.2 Å². The van der Waals surface area contributed by atoms with Crippen LogP contribution in [0.25, 0.3) is 0 Å². The van der Waals surface area contributed by atoms with Crippen molar-refractivity contribution in [3.05, 3.63) is 0 Å². The Morgan fingerprint density at radius 1 is 1.47 bits per heavy atom. The molecule has 0 aromatic carbocycles. The van der Waals surface area contributed by atoms with Crippen molar-refractivity contribution in [3.8, 4) is 0 Å². The highest BCUT2D eigenvalue weighted by molar-refractivity contribution is 5.68. The van der Waals surface area contributed by atoms with Crippen LogP contribution in [-0.2, 0) is 9.47 Å². The average molecular weight is 215 g/mol. The lowest BCUT2D eigenvalue weighted by Gasteiger charge is -2.24. The molecule has 0 aromatic heterocycles. The molecule has 0 unspecified atom stereocenters. The molecule has 1 fully saturated rings. The van der Waals surface area contributed by atoms with Crippen molar-refractivity contribution in [2.24, 2.45) is 5.92 Å². The van der Waals surface area contributed by atoms with E-state index in [1.54, 1.807) is 0 Å². The van der Waals surface area contributed by atoms with E-state index < -0.39 is 5.60 Å². The lowest BCUT2D eigenvalue weighted by molar-refractivity contribution is 0.0478. The minimum absolute atomic E-state index is 0.0554. The predicted molar refractivity (Wildman–Crippen MR) is 57.7 cm³/mol. The molecular formula is C11H21NO3. The molecule has 2 atom stereocenters. The van der Waals surface area contributed by atoms with Crippen LogP contribution in [0.15, 0.2) is 0 Å². The van der Waals surface area contributed by atoms with Gasteiger partial charge in [-0.05, 0) is 26.7 Å². The second kappa shape index (κ2) is 4.39. The summed E-state index contributed by atoms with van der Waals surface area (Å²) in [5, 5.41) is 2.85. The van der Waals surface area contributed by atoms with Gasteiger partial charge in [-0.2, -0.15) is 0 Å². The number of hydrogen-bond acceptors (Lipinski definition) is 3. The van der Waals surface area contributed by atoms with Crippen molar-refractivity contribution in [1.82, 2.24) is 5.32 Å². The van der Waals surface area contributed by atoms with Crippen LogP contribution in [0.3, 0.4) is 0 Å². The van der Waals surface area contributed by atoms with Gasteiger partial charge in [-0.1, -0.05) is 13.8 Å². The Kier molecular flexibility index (Phi) is 3.60. The van der Waals surface area contributed by atoms with Gasteiger partial charge in [0.25, 0.3) is 0 Å². The third-order valence-electron chi connectivity index (χ3n) is 2.16. The third kappa shape index (κ3) is 4.51. The quantitative estimate of drug-likeness (QED) is 0.732. The molecule has 15 heavy (non-hydrogen) atoms. The van der Waals surface area contributed by atoms with Crippen molar-refractivity contribution in [3.63, 3.8) is 0 Å². The zero-order valence-corrected chi connectivity index (χ0v) is 10.2. The van der Waals surface area contributed by atoms with Crippen molar-refractivity contribution in [1.29, 1.82) is 0 Å². The molecule has 4 heteroatoms. The summed E-state index contributed by atoms with van der Waals surface area (Å²) in [6, 6.07) is 0.0554. The van der Waals surface area contributed by atoms with Crippen LogP contribution in [0.2, 0.25) is 0 Å². The van der Waals surface area contributed by atoms with Gasteiger partial charge in [0, 0.05) is 0 Å². The van der Waals surface area contributed by atoms with Crippen molar-refractivity contribution in [2.45, 2.75) is 52.4 Å². The number of nitrogens with one attached hydrogen (secondary N) is 1. The first kappa shape index (κ1) is 12.3. The van der Waals surface area contributed by atoms with Crippen molar-refractivity contribution in [2.75, 3.05) is 6.61 Å². The van der Waals surface area contributed by atoms with E-state index in [9.17, 15) is 4.79 Å². The first-order chi connectivity index (χ1) is 6.79. The van der Waals surface area contributed by atoms with Crippen LogP contribution < -0.4 is 5.32 Å². The highest BCUT2D eigenvalue weighted by atomic mass is 16.6. The van der Waals surface area contributed by atoms with Gasteiger partial charge >= 0.3 is 6.09 Å². The standard InChI is InChI=1S/C11H21NO3/c1-7(2)9(8-6-14-8)12-10(13)15-11(3,4)5/h7-9H,6H2,1-5H3,(H,12,13)/t8-,9+/m1/s1. The monoisotopic (exact) mass is 215 g/mol. The Hall–Kier alpha value is -0.770. The molecule has 4 nitrogen and oxygen atoms in total. The van der Waals surface area contributed by atoms with Gasteiger partial charge in [-0.25, -0.2) is 4.79 Å². The van der Waals surface area contributed by atoms with Crippen LogP contribution in [-0.4, -0.2) is 30.4 Å². The SMILES string of the molecule is CC(C)[C@H](NC(=O)OC(C)(C)C)[C@H]1CO1. The Morgan fingerprint density at radius 3 is 2.33 bits per heavy atom. The maximum absolute atomic E-state index is 11.5. The minimum atomic E-state index is -0.448. The highest BCUT2D eigenvalue weighted by Crippen LogP contribution is 2.20. The summed E-state index contributed by atoms with van der Waals surface area (Å²) < 4.78 is 10.4. The Balaban J connectivity index is 2.41. The predicted octanol–water partition coefficient (Wildman–Crippen LogP) is 1.93. The fraction of sp³-hybridized carbons (Fsp3) is 0.909. The van der Waals surface area contributed by atoms with Crippen LogP contribution in [0.5, 0.6) is 0 Å². The van der Waals surface area contributed by atoms with E-state index >= 15 is 0 Å². The van der Waals surface area contributed by atoms with Gasteiger partial charge in [0.05, 0.1) is 12.6 Å². The number of epoxide rings is 1. The molecule has 88 valence electrons. The number of alkyl carbamates (subject to hydrolysis) is 1. The molecule has 1 heterocycles. The molecule has 0 aromatic rings. The Labute approximate surface area is 91.3 Å². The number of hydrogen-bond donors (Lipinski definition) is 1. The van der Waals surface area contributed by atoms with E-state index in [0.717, 1.165) is 6.61 Å². The van der Waals surface area contributed by atoms with Crippen LogP contribution >= 0.6 is 0 Å². The fourth-order valence-electron chi connectivity index (χ4n) is 1.40. The number of carbonyl (C=O) groups is 1. The molecule has 0 radical (unpaired) electrons. The second-order valence-electron chi connectivity index (χ2n) is 5.29. The van der Waals surface area contributed by atoms with Crippen LogP contribution in [0, 0.1) is 5.92 Å². The number of amides is 1. The maximum atomic E-state index is 11.5. The molecule has 1 aliphatic rings. The molecular weight excluding hydrogens is 194 g/mol. The van der Waals surface area contributed by atoms with E-state index in [4.69, 9.17) is 9.47 Å². The average Bonchev–Trinajstić information content (AvgIpc) is 2.78. The summed E-state index contributed by atoms with van der Waals surface area (Å²) in [5.74, 6) is 0.352. The molecule has 1 amide bonds. The molecule has 0 bridgehead atoms. The van der Waals surface area contributed by atoms with Gasteiger partial charge in [0.2, 0.25) is 0 Å². The van der Waals surface area contributed by atoms with Crippen LogP contribution in [0.1, 0.15) is 34.6 Å². The molecule has 1 aliphatic heterocycles. The third-order valence-corrected chi connectivity index (χ3v) is 2.16. The second-order valence-corrected chi connectivity index (χ2v) is 5.29. The number of rotatable bonds is 3. The summed E-state index contributed by atoms with van der Waals surface area (Å²) in [4.78, 5) is 11.5. The van der Waals surface area contributed by atoms with E-state index in [1.165, 1.54) is 0 Å². The summed E-state index contributed by atoms with van der Waals surface area (Å²) >= 11 is 0. The van der Waals surface area contributed by atoms with Gasteiger partial charge in [0.1, 0.15) is 11.7 Å². The molecule has 0 saturated carbocycles. The normalized spacial score (nSPS) is 22.4. The topological polar surface area (TPSA) is 50.9 Å². The Bertz CT molecular complexity index is 226.